The molecule has 2 rings (SSSR count). The third kappa shape index (κ3) is 2.77. The summed E-state index contributed by atoms with van der Waals surface area (Å²) in [4.78, 5) is 10.2. The minimum absolute atomic E-state index is 0.0690. The van der Waals surface area contributed by atoms with E-state index in [0.29, 0.717) is 0 Å². The van der Waals surface area contributed by atoms with Crippen LogP contribution in [0.5, 0.6) is 0 Å². The van der Waals surface area contributed by atoms with Crippen LogP contribution in [-0.4, -0.2) is 14.7 Å². The van der Waals surface area contributed by atoms with Crippen LogP contribution in [0.25, 0.3) is 0 Å². The number of nitrogens with two attached hydrogens (primary N) is 1. The molecule has 0 saturated carbocycles. The van der Waals surface area contributed by atoms with Crippen LogP contribution in [0.1, 0.15) is 22.3 Å². The number of sulfonamides is 1. The molecule has 0 amide bonds. The predicted molar refractivity (Wildman–Crippen MR) is 69.5 cm³/mol. The lowest BCUT2D eigenvalue weighted by Gasteiger charge is -2.26. The van der Waals surface area contributed by atoms with Crippen LogP contribution >= 0.6 is 0 Å². The number of hydrogen-bond donors (Lipinski definition) is 1. The molecule has 4 nitrogen and oxygen atoms in total. The Morgan fingerprint density at radius 3 is 2.52 bits per heavy atom. The number of carbonyl (C=O) groups excluding carboxylic acids is 1. The van der Waals surface area contributed by atoms with Crippen LogP contribution in [-0.2, 0) is 15.7 Å². The number of alkyl halides is 1. The highest BCUT2D eigenvalue weighted by molar-refractivity contribution is 7.93. The molecule has 0 bridgehead atoms. The maximum Gasteiger partial charge on any atom is 0.234 e. The normalized spacial score (nSPS) is 22.0. The molecule has 0 heterocycles. The van der Waals surface area contributed by atoms with Gasteiger partial charge in [-0.2, -0.15) is 0 Å². The van der Waals surface area contributed by atoms with Gasteiger partial charge in [0.1, 0.15) is 11.6 Å². The summed E-state index contributed by atoms with van der Waals surface area (Å²) in [7, 11) is -4.14. The van der Waals surface area contributed by atoms with E-state index in [9.17, 15) is 26.4 Å². The highest BCUT2D eigenvalue weighted by Gasteiger charge is 2.38. The molecule has 112 valence electrons. The van der Waals surface area contributed by atoms with E-state index in [1.807, 2.05) is 0 Å². The molecule has 0 saturated heterocycles. The maximum atomic E-state index is 14.9. The lowest BCUT2D eigenvalue weighted by molar-refractivity contribution is 0.111. The SMILES string of the molecule is NS(=O)(=O)C1=CC=CC(F)(c2ccc(F)c(C=O)c2F)C1. The van der Waals surface area contributed by atoms with Gasteiger partial charge in [0.2, 0.25) is 10.0 Å². The van der Waals surface area contributed by atoms with E-state index in [4.69, 9.17) is 5.14 Å². The number of hydrogen-bond acceptors (Lipinski definition) is 3. The fourth-order valence-electron chi connectivity index (χ4n) is 2.06. The molecular weight excluding hydrogens is 307 g/mol. The smallest absolute Gasteiger partial charge is 0.234 e. The van der Waals surface area contributed by atoms with Crippen molar-refractivity contribution in [1.82, 2.24) is 0 Å². The summed E-state index contributed by atoms with van der Waals surface area (Å²) in [5.74, 6) is -2.50. The van der Waals surface area contributed by atoms with E-state index in [1.165, 1.54) is 0 Å². The van der Waals surface area contributed by atoms with E-state index in [1.54, 1.807) is 0 Å². The lowest BCUT2D eigenvalue weighted by Crippen LogP contribution is -2.27. The van der Waals surface area contributed by atoms with Crippen LogP contribution in [0.3, 0.4) is 0 Å². The van der Waals surface area contributed by atoms with Crippen LogP contribution in [0.15, 0.2) is 35.3 Å². The number of carbonyl (C=O) groups is 1. The van der Waals surface area contributed by atoms with E-state index < -0.39 is 49.8 Å². The quantitative estimate of drug-likeness (QED) is 0.867. The zero-order chi connectivity index (χ0) is 15.8. The van der Waals surface area contributed by atoms with Gasteiger partial charge in [0.25, 0.3) is 0 Å². The van der Waals surface area contributed by atoms with Crippen molar-refractivity contribution in [2.45, 2.75) is 12.1 Å². The van der Waals surface area contributed by atoms with E-state index in [0.717, 1.165) is 30.4 Å². The van der Waals surface area contributed by atoms with Crippen molar-refractivity contribution in [3.8, 4) is 0 Å². The zero-order valence-electron chi connectivity index (χ0n) is 10.5. The molecule has 1 aromatic carbocycles. The molecule has 21 heavy (non-hydrogen) atoms. The summed E-state index contributed by atoms with van der Waals surface area (Å²) in [6, 6.07) is 1.57. The Morgan fingerprint density at radius 1 is 1.29 bits per heavy atom. The van der Waals surface area contributed by atoms with E-state index in [2.05, 4.69) is 0 Å². The Bertz CT molecular complexity index is 771. The van der Waals surface area contributed by atoms with Gasteiger partial charge in [0.15, 0.2) is 12.0 Å². The molecule has 1 aromatic rings. The fraction of sp³-hybridized carbons (Fsp3) is 0.154. The van der Waals surface area contributed by atoms with Crippen LogP contribution in [0.2, 0.25) is 0 Å². The van der Waals surface area contributed by atoms with Crippen molar-refractivity contribution < 1.29 is 26.4 Å². The van der Waals surface area contributed by atoms with Crippen molar-refractivity contribution in [2.75, 3.05) is 0 Å². The first-order chi connectivity index (χ1) is 9.69. The van der Waals surface area contributed by atoms with Crippen LogP contribution in [0, 0.1) is 11.6 Å². The highest BCUT2D eigenvalue weighted by atomic mass is 32.2. The first-order valence-corrected chi connectivity index (χ1v) is 7.27. The van der Waals surface area contributed by atoms with Gasteiger partial charge in [-0.3, -0.25) is 4.79 Å². The van der Waals surface area contributed by atoms with Gasteiger partial charge in [-0.25, -0.2) is 26.7 Å². The third-order valence-corrected chi connectivity index (χ3v) is 4.14. The molecule has 1 atom stereocenters. The van der Waals surface area contributed by atoms with Crippen LogP contribution < -0.4 is 5.14 Å². The molecular formula is C13H10F3NO3S. The Kier molecular flexibility index (Phi) is 3.77. The molecule has 0 fully saturated rings. The monoisotopic (exact) mass is 317 g/mol. The summed E-state index contributed by atoms with van der Waals surface area (Å²) in [6.07, 6.45) is 2.29. The molecule has 2 N–H and O–H groups in total. The average molecular weight is 317 g/mol. The minimum Gasteiger partial charge on any atom is -0.298 e. The Labute approximate surface area is 118 Å². The fourth-order valence-corrected chi connectivity index (χ4v) is 2.74. The zero-order valence-corrected chi connectivity index (χ0v) is 11.3. The van der Waals surface area contributed by atoms with E-state index >= 15 is 0 Å². The second kappa shape index (κ2) is 5.12. The van der Waals surface area contributed by atoms with Crippen molar-refractivity contribution in [2.24, 2.45) is 5.14 Å². The summed E-state index contributed by atoms with van der Waals surface area (Å²) >= 11 is 0. The molecule has 0 radical (unpaired) electrons. The minimum atomic E-state index is -4.14. The molecule has 1 aliphatic carbocycles. The van der Waals surface area contributed by atoms with Crippen molar-refractivity contribution in [1.29, 1.82) is 0 Å². The molecule has 0 spiro atoms. The van der Waals surface area contributed by atoms with Crippen molar-refractivity contribution in [3.05, 3.63) is 58.0 Å². The third-order valence-electron chi connectivity index (χ3n) is 3.13. The van der Waals surface area contributed by atoms with Gasteiger partial charge in [-0.05, 0) is 24.3 Å². The predicted octanol–water partition coefficient (Wildman–Crippen LogP) is 2.07. The van der Waals surface area contributed by atoms with Gasteiger partial charge in [-0.1, -0.05) is 6.08 Å². The summed E-state index contributed by atoms with van der Waals surface area (Å²) < 4.78 is 64.7. The number of halogens is 3. The number of benzene rings is 1. The van der Waals surface area contributed by atoms with Crippen molar-refractivity contribution in [3.63, 3.8) is 0 Å². The standard InChI is InChI=1S/C13H10F3NO3S/c14-11-4-3-10(12(15)9(11)7-18)13(16)5-1-2-8(6-13)21(17,19)20/h1-5,7H,6H2,(H2,17,19,20). The van der Waals surface area contributed by atoms with Gasteiger partial charge >= 0.3 is 0 Å². The first-order valence-electron chi connectivity index (χ1n) is 5.73. The summed E-state index contributed by atoms with van der Waals surface area (Å²) in [6.45, 7) is 0. The highest BCUT2D eigenvalue weighted by Crippen LogP contribution is 2.40. The number of aldehydes is 1. The number of rotatable bonds is 3. The first kappa shape index (κ1) is 15.5. The average Bonchev–Trinajstić information content (AvgIpc) is 2.38. The molecule has 0 aromatic heterocycles. The van der Waals surface area contributed by atoms with Gasteiger partial charge in [-0.15, -0.1) is 0 Å². The van der Waals surface area contributed by atoms with Crippen molar-refractivity contribution >= 4 is 16.3 Å². The van der Waals surface area contributed by atoms with E-state index in [-0.39, 0.29) is 6.29 Å². The maximum absolute atomic E-state index is 14.9. The second-order valence-corrected chi connectivity index (χ2v) is 6.13. The lowest BCUT2D eigenvalue weighted by atomic mass is 9.87. The Balaban J connectivity index is 2.56. The van der Waals surface area contributed by atoms with Gasteiger partial charge in [0.05, 0.1) is 10.5 Å². The summed E-state index contributed by atoms with van der Waals surface area (Å²) in [5.41, 5.74) is -4.08. The van der Waals surface area contributed by atoms with Gasteiger partial charge in [0, 0.05) is 12.0 Å². The largest absolute Gasteiger partial charge is 0.298 e. The molecule has 0 aliphatic heterocycles. The van der Waals surface area contributed by atoms with Gasteiger partial charge < -0.3 is 0 Å². The number of allylic oxidation sites excluding steroid dienone is 4. The Morgan fingerprint density at radius 2 is 1.95 bits per heavy atom. The second-order valence-electron chi connectivity index (χ2n) is 4.52. The number of primary sulfonamides is 1. The molecule has 8 heteroatoms. The van der Waals surface area contributed by atoms with Crippen LogP contribution in [0.4, 0.5) is 13.2 Å². The molecule has 1 aliphatic rings. The Hall–Kier alpha value is -1.93. The summed E-state index contributed by atoms with van der Waals surface area (Å²) in [5, 5.41) is 4.92. The molecule has 1 unspecified atom stereocenters. The topological polar surface area (TPSA) is 77.2 Å².